The van der Waals surface area contributed by atoms with E-state index in [1.54, 1.807) is 0 Å². The van der Waals surface area contributed by atoms with Crippen molar-refractivity contribution < 1.29 is 4.79 Å². The van der Waals surface area contributed by atoms with Crippen LogP contribution in [0, 0.1) is 5.92 Å². The van der Waals surface area contributed by atoms with Crippen molar-refractivity contribution in [3.63, 3.8) is 0 Å². The average molecular weight is 266 g/mol. The van der Waals surface area contributed by atoms with E-state index in [4.69, 9.17) is 0 Å². The van der Waals surface area contributed by atoms with Gasteiger partial charge in [-0.05, 0) is 32.2 Å². The van der Waals surface area contributed by atoms with Crippen molar-refractivity contribution in [2.45, 2.75) is 70.8 Å². The molecule has 1 N–H and O–H groups in total. The quantitative estimate of drug-likeness (QED) is 0.852. The van der Waals surface area contributed by atoms with Gasteiger partial charge in [0.05, 0.1) is 0 Å². The number of hydrogen-bond donors (Lipinski definition) is 1. The van der Waals surface area contributed by atoms with E-state index in [1.807, 2.05) is 0 Å². The summed E-state index contributed by atoms with van der Waals surface area (Å²) in [5, 5.41) is 3.50. The predicted molar refractivity (Wildman–Crippen MR) is 79.1 cm³/mol. The van der Waals surface area contributed by atoms with Gasteiger partial charge in [-0.1, -0.05) is 39.0 Å². The van der Waals surface area contributed by atoms with Gasteiger partial charge in [0.15, 0.2) is 0 Å². The lowest BCUT2D eigenvalue weighted by molar-refractivity contribution is -0.137. The molecule has 3 nitrogen and oxygen atoms in total. The first-order valence-electron chi connectivity index (χ1n) is 8.33. The van der Waals surface area contributed by atoms with Crippen LogP contribution in [0.4, 0.5) is 0 Å². The number of amides is 1. The summed E-state index contributed by atoms with van der Waals surface area (Å²) < 4.78 is 0. The second-order valence-electron chi connectivity index (χ2n) is 6.22. The molecule has 19 heavy (non-hydrogen) atoms. The van der Waals surface area contributed by atoms with Crippen LogP contribution in [0.3, 0.4) is 0 Å². The lowest BCUT2D eigenvalue weighted by atomic mass is 9.89. The van der Waals surface area contributed by atoms with Crippen LogP contribution in [-0.2, 0) is 4.79 Å². The summed E-state index contributed by atoms with van der Waals surface area (Å²) in [6.07, 6.45) is 11.2. The predicted octanol–water partition coefficient (Wildman–Crippen LogP) is 2.95. The second-order valence-corrected chi connectivity index (χ2v) is 6.22. The lowest BCUT2D eigenvalue weighted by Gasteiger charge is -2.35. The molecule has 0 radical (unpaired) electrons. The Morgan fingerprint density at radius 3 is 2.42 bits per heavy atom. The molecule has 110 valence electrons. The van der Waals surface area contributed by atoms with Crippen molar-refractivity contribution in [1.29, 1.82) is 0 Å². The highest BCUT2D eigenvalue weighted by atomic mass is 16.2. The maximum Gasteiger partial charge on any atom is 0.225 e. The van der Waals surface area contributed by atoms with Crippen molar-refractivity contribution in [2.24, 2.45) is 5.92 Å². The van der Waals surface area contributed by atoms with E-state index >= 15 is 0 Å². The van der Waals surface area contributed by atoms with Gasteiger partial charge in [-0.2, -0.15) is 0 Å². The Bertz CT molecular complexity index is 270. The highest BCUT2D eigenvalue weighted by Gasteiger charge is 2.28. The molecular weight excluding hydrogens is 236 g/mol. The number of nitrogens with one attached hydrogen (secondary N) is 1. The molecule has 2 aliphatic rings. The Labute approximate surface area is 118 Å². The van der Waals surface area contributed by atoms with Crippen LogP contribution in [0.2, 0.25) is 0 Å². The van der Waals surface area contributed by atoms with E-state index in [9.17, 15) is 4.79 Å². The molecule has 0 aromatic carbocycles. The smallest absolute Gasteiger partial charge is 0.225 e. The fourth-order valence-corrected chi connectivity index (χ4v) is 3.59. The van der Waals surface area contributed by atoms with Crippen molar-refractivity contribution >= 4 is 5.91 Å². The Morgan fingerprint density at radius 1 is 1.05 bits per heavy atom. The molecule has 1 saturated heterocycles. The topological polar surface area (TPSA) is 32.3 Å². The van der Waals surface area contributed by atoms with Crippen molar-refractivity contribution in [2.75, 3.05) is 19.6 Å². The monoisotopic (exact) mass is 266 g/mol. The van der Waals surface area contributed by atoms with Gasteiger partial charge >= 0.3 is 0 Å². The highest BCUT2D eigenvalue weighted by Crippen LogP contribution is 2.25. The zero-order valence-corrected chi connectivity index (χ0v) is 12.5. The van der Waals surface area contributed by atoms with E-state index < -0.39 is 0 Å². The van der Waals surface area contributed by atoms with Crippen LogP contribution >= 0.6 is 0 Å². The number of likely N-dealkylation sites (N-methyl/N-ethyl adjacent to an activating group) is 1. The van der Waals surface area contributed by atoms with Crippen LogP contribution in [-0.4, -0.2) is 36.5 Å². The molecule has 2 fully saturated rings. The number of carbonyl (C=O) groups is 1. The van der Waals surface area contributed by atoms with Crippen LogP contribution < -0.4 is 5.32 Å². The zero-order valence-electron chi connectivity index (χ0n) is 12.5. The standard InChI is InChI=1S/C16H30N2O/c1-2-17-15-11-8-12-18(13-15)16(19)14-9-6-4-3-5-7-10-14/h14-15,17H,2-13H2,1H3. The zero-order chi connectivity index (χ0) is 13.5. The van der Waals surface area contributed by atoms with Gasteiger partial charge in [0.1, 0.15) is 0 Å². The molecule has 1 amide bonds. The molecule has 2 rings (SSSR count). The fourth-order valence-electron chi connectivity index (χ4n) is 3.59. The van der Waals surface area contributed by atoms with Crippen LogP contribution in [0.15, 0.2) is 0 Å². The minimum atomic E-state index is 0.320. The maximum absolute atomic E-state index is 12.7. The third-order valence-electron chi connectivity index (χ3n) is 4.68. The minimum Gasteiger partial charge on any atom is -0.341 e. The van der Waals surface area contributed by atoms with E-state index in [0.29, 0.717) is 17.9 Å². The molecule has 0 aromatic heterocycles. The average Bonchev–Trinajstić information content (AvgIpc) is 2.38. The number of rotatable bonds is 3. The van der Waals surface area contributed by atoms with Crippen LogP contribution in [0.1, 0.15) is 64.7 Å². The molecule has 3 heteroatoms. The van der Waals surface area contributed by atoms with Gasteiger partial charge in [-0.15, -0.1) is 0 Å². The molecule has 1 aliphatic carbocycles. The SMILES string of the molecule is CCNC1CCCN(C(=O)C2CCCCCCC2)C1. The van der Waals surface area contributed by atoms with Gasteiger partial charge in [0.25, 0.3) is 0 Å². The van der Waals surface area contributed by atoms with Crippen molar-refractivity contribution in [3.05, 3.63) is 0 Å². The van der Waals surface area contributed by atoms with Crippen LogP contribution in [0.25, 0.3) is 0 Å². The van der Waals surface area contributed by atoms with Gasteiger partial charge in [0.2, 0.25) is 5.91 Å². The molecular formula is C16H30N2O. The summed E-state index contributed by atoms with van der Waals surface area (Å²) in [7, 11) is 0. The third kappa shape index (κ3) is 4.48. The van der Waals surface area contributed by atoms with Gasteiger partial charge in [-0.3, -0.25) is 4.79 Å². The van der Waals surface area contributed by atoms with E-state index in [0.717, 1.165) is 38.9 Å². The molecule has 0 aromatic rings. The molecule has 0 bridgehead atoms. The number of nitrogens with zero attached hydrogens (tertiary/aromatic N) is 1. The van der Waals surface area contributed by atoms with Gasteiger partial charge in [0, 0.05) is 25.0 Å². The lowest BCUT2D eigenvalue weighted by Crippen LogP contribution is -2.49. The summed E-state index contributed by atoms with van der Waals surface area (Å²) in [6.45, 7) is 5.08. The van der Waals surface area contributed by atoms with Gasteiger partial charge < -0.3 is 10.2 Å². The molecule has 1 atom stereocenters. The minimum absolute atomic E-state index is 0.320. The number of piperidine rings is 1. The molecule has 1 heterocycles. The van der Waals surface area contributed by atoms with Crippen molar-refractivity contribution in [3.8, 4) is 0 Å². The first-order valence-corrected chi connectivity index (χ1v) is 8.33. The van der Waals surface area contributed by atoms with E-state index in [1.165, 1.54) is 38.5 Å². The summed E-state index contributed by atoms with van der Waals surface area (Å²) in [5.74, 6) is 0.769. The Kier molecular flexibility index (Phi) is 6.15. The Morgan fingerprint density at radius 2 is 1.74 bits per heavy atom. The summed E-state index contributed by atoms with van der Waals surface area (Å²) in [6, 6.07) is 0.524. The van der Waals surface area contributed by atoms with Crippen LogP contribution in [0.5, 0.6) is 0 Å². The first-order chi connectivity index (χ1) is 9.31. The number of carbonyl (C=O) groups excluding carboxylic acids is 1. The highest BCUT2D eigenvalue weighted by molar-refractivity contribution is 5.79. The normalized spacial score (nSPS) is 26.8. The van der Waals surface area contributed by atoms with Gasteiger partial charge in [-0.25, -0.2) is 0 Å². The Hall–Kier alpha value is -0.570. The molecule has 1 aliphatic heterocycles. The maximum atomic E-state index is 12.7. The summed E-state index contributed by atoms with van der Waals surface area (Å²) in [5.41, 5.74) is 0. The second kappa shape index (κ2) is 7.88. The molecule has 1 unspecified atom stereocenters. The van der Waals surface area contributed by atoms with E-state index in [2.05, 4.69) is 17.1 Å². The summed E-state index contributed by atoms with van der Waals surface area (Å²) >= 11 is 0. The molecule has 1 saturated carbocycles. The molecule has 0 spiro atoms. The largest absolute Gasteiger partial charge is 0.341 e. The number of hydrogen-bond acceptors (Lipinski definition) is 2. The van der Waals surface area contributed by atoms with E-state index in [-0.39, 0.29) is 0 Å². The third-order valence-corrected chi connectivity index (χ3v) is 4.68. The van der Waals surface area contributed by atoms with Crippen molar-refractivity contribution in [1.82, 2.24) is 10.2 Å². The summed E-state index contributed by atoms with van der Waals surface area (Å²) in [4.78, 5) is 14.8. The Balaban J connectivity index is 1.86. The fraction of sp³-hybridized carbons (Fsp3) is 0.938. The first kappa shape index (κ1) is 14.8. The number of likely N-dealkylation sites (tertiary alicyclic amines) is 1.